The van der Waals surface area contributed by atoms with Gasteiger partial charge < -0.3 is 14.6 Å². The molecular weight excluding hydrogens is 350 g/mol. The number of nitrogens with one attached hydrogen (secondary N) is 1. The van der Waals surface area contributed by atoms with Crippen molar-refractivity contribution in [2.24, 2.45) is 5.92 Å². The number of piperidine rings is 1. The zero-order valence-electron chi connectivity index (χ0n) is 14.6. The topological polar surface area (TPSA) is 75.4 Å². The Balaban J connectivity index is 1.25. The molecule has 6 nitrogen and oxygen atoms in total. The molecular formula is C19H23N3O3S. The Morgan fingerprint density at radius 3 is 2.77 bits per heavy atom. The SMILES string of the molecule is O=C(NCCc1csc(C2CCN(C(=O)c3ccco3)CC2)n1)C1CC1. The van der Waals surface area contributed by atoms with Crippen LogP contribution in [0.25, 0.3) is 0 Å². The number of hydrogen-bond acceptors (Lipinski definition) is 5. The van der Waals surface area contributed by atoms with Crippen LogP contribution >= 0.6 is 11.3 Å². The number of carbonyl (C=O) groups excluding carboxylic acids is 2. The highest BCUT2D eigenvalue weighted by Crippen LogP contribution is 2.31. The van der Waals surface area contributed by atoms with Crippen molar-refractivity contribution in [1.29, 1.82) is 0 Å². The molecule has 2 fully saturated rings. The lowest BCUT2D eigenvalue weighted by atomic mass is 9.97. The minimum atomic E-state index is -0.0281. The highest BCUT2D eigenvalue weighted by atomic mass is 32.1. The lowest BCUT2D eigenvalue weighted by Gasteiger charge is -2.30. The maximum absolute atomic E-state index is 12.3. The first-order chi connectivity index (χ1) is 12.7. The number of thiazole rings is 1. The molecule has 0 atom stereocenters. The zero-order valence-corrected chi connectivity index (χ0v) is 15.5. The van der Waals surface area contributed by atoms with Crippen molar-refractivity contribution in [3.8, 4) is 0 Å². The average Bonchev–Trinajstić information content (AvgIpc) is 3.18. The summed E-state index contributed by atoms with van der Waals surface area (Å²) >= 11 is 1.70. The molecule has 0 spiro atoms. The van der Waals surface area contributed by atoms with Crippen LogP contribution in [0.2, 0.25) is 0 Å². The van der Waals surface area contributed by atoms with Gasteiger partial charge in [0.1, 0.15) is 0 Å². The molecule has 1 saturated carbocycles. The number of amides is 2. The zero-order chi connectivity index (χ0) is 17.9. The van der Waals surface area contributed by atoms with Crippen molar-refractivity contribution in [2.45, 2.75) is 38.0 Å². The number of carbonyl (C=O) groups is 2. The molecule has 1 saturated heterocycles. The molecule has 2 aromatic rings. The van der Waals surface area contributed by atoms with Crippen molar-refractivity contribution in [1.82, 2.24) is 15.2 Å². The minimum absolute atomic E-state index is 0.0281. The smallest absolute Gasteiger partial charge is 0.289 e. The largest absolute Gasteiger partial charge is 0.459 e. The van der Waals surface area contributed by atoms with Crippen LogP contribution < -0.4 is 5.32 Å². The molecule has 26 heavy (non-hydrogen) atoms. The van der Waals surface area contributed by atoms with Crippen LogP contribution in [0.4, 0.5) is 0 Å². The van der Waals surface area contributed by atoms with Gasteiger partial charge in [-0.05, 0) is 37.8 Å². The fraction of sp³-hybridized carbons (Fsp3) is 0.526. The van der Waals surface area contributed by atoms with Crippen LogP contribution in [0.1, 0.15) is 52.9 Å². The molecule has 0 radical (unpaired) electrons. The van der Waals surface area contributed by atoms with Gasteiger partial charge >= 0.3 is 0 Å². The number of hydrogen-bond donors (Lipinski definition) is 1. The third-order valence-electron chi connectivity index (χ3n) is 5.06. The molecule has 1 aliphatic heterocycles. The lowest BCUT2D eigenvalue weighted by Crippen LogP contribution is -2.37. The van der Waals surface area contributed by atoms with Crippen LogP contribution in [0, 0.1) is 5.92 Å². The van der Waals surface area contributed by atoms with Gasteiger partial charge in [-0.15, -0.1) is 11.3 Å². The van der Waals surface area contributed by atoms with E-state index < -0.39 is 0 Å². The Morgan fingerprint density at radius 1 is 1.27 bits per heavy atom. The summed E-state index contributed by atoms with van der Waals surface area (Å²) in [5.74, 6) is 1.24. The van der Waals surface area contributed by atoms with Crippen molar-refractivity contribution < 1.29 is 14.0 Å². The van der Waals surface area contributed by atoms with Gasteiger partial charge in [-0.25, -0.2) is 4.98 Å². The molecule has 0 unspecified atom stereocenters. The van der Waals surface area contributed by atoms with Gasteiger partial charge in [0.2, 0.25) is 5.91 Å². The molecule has 0 aromatic carbocycles. The van der Waals surface area contributed by atoms with E-state index in [9.17, 15) is 9.59 Å². The van der Waals surface area contributed by atoms with Gasteiger partial charge in [-0.2, -0.15) is 0 Å². The summed E-state index contributed by atoms with van der Waals surface area (Å²) in [6.07, 6.45) is 6.24. The van der Waals surface area contributed by atoms with Crippen molar-refractivity contribution in [3.63, 3.8) is 0 Å². The van der Waals surface area contributed by atoms with E-state index >= 15 is 0 Å². The molecule has 1 N–H and O–H groups in total. The standard InChI is InChI=1S/C19H23N3O3S/c23-17(13-3-4-13)20-8-5-15-12-26-18(21-15)14-6-9-22(10-7-14)19(24)16-2-1-11-25-16/h1-2,11-14H,3-10H2,(H,20,23). The van der Waals surface area contributed by atoms with Crippen LogP contribution in [0.15, 0.2) is 28.2 Å². The predicted molar refractivity (Wildman–Crippen MR) is 98.1 cm³/mol. The first kappa shape index (κ1) is 17.3. The van der Waals surface area contributed by atoms with Crippen LogP contribution in [-0.2, 0) is 11.2 Å². The average molecular weight is 373 g/mol. The summed E-state index contributed by atoms with van der Waals surface area (Å²) in [6.45, 7) is 2.13. The third kappa shape index (κ3) is 3.98. The van der Waals surface area contributed by atoms with Gasteiger partial charge in [-0.3, -0.25) is 9.59 Å². The number of aromatic nitrogens is 1. The maximum Gasteiger partial charge on any atom is 0.289 e. The van der Waals surface area contributed by atoms with Gasteiger partial charge in [0, 0.05) is 43.3 Å². The molecule has 0 bridgehead atoms. The van der Waals surface area contributed by atoms with E-state index in [2.05, 4.69) is 10.7 Å². The second kappa shape index (κ2) is 7.61. The number of rotatable bonds is 6. The summed E-state index contributed by atoms with van der Waals surface area (Å²) in [5, 5.41) is 6.23. The van der Waals surface area contributed by atoms with Gasteiger partial charge in [0.05, 0.1) is 17.0 Å². The van der Waals surface area contributed by atoms with Crippen LogP contribution in [-0.4, -0.2) is 41.3 Å². The monoisotopic (exact) mass is 373 g/mol. The van der Waals surface area contributed by atoms with E-state index in [1.807, 2.05) is 4.90 Å². The molecule has 138 valence electrons. The van der Waals surface area contributed by atoms with E-state index in [1.165, 1.54) is 6.26 Å². The number of likely N-dealkylation sites (tertiary alicyclic amines) is 1. The predicted octanol–water partition coefficient (Wildman–Crippen LogP) is 2.82. The molecule has 4 rings (SSSR count). The Bertz CT molecular complexity index is 759. The van der Waals surface area contributed by atoms with E-state index in [4.69, 9.17) is 9.40 Å². The second-order valence-electron chi connectivity index (χ2n) is 7.04. The molecule has 7 heteroatoms. The lowest BCUT2D eigenvalue weighted by molar-refractivity contribution is -0.122. The van der Waals surface area contributed by atoms with E-state index in [0.717, 1.165) is 55.9 Å². The van der Waals surface area contributed by atoms with E-state index in [1.54, 1.807) is 23.5 Å². The Morgan fingerprint density at radius 2 is 2.08 bits per heavy atom. The van der Waals surface area contributed by atoms with Crippen LogP contribution in [0.5, 0.6) is 0 Å². The summed E-state index contributed by atoms with van der Waals surface area (Å²) in [4.78, 5) is 30.6. The molecule has 1 aliphatic carbocycles. The highest BCUT2D eigenvalue weighted by molar-refractivity contribution is 7.09. The molecule has 2 amide bonds. The Labute approximate surface area is 156 Å². The molecule has 2 aliphatic rings. The number of nitrogens with zero attached hydrogens (tertiary/aromatic N) is 2. The Kier molecular flexibility index (Phi) is 5.06. The molecule has 3 heterocycles. The first-order valence-corrected chi connectivity index (χ1v) is 10.1. The van der Waals surface area contributed by atoms with Crippen molar-refractivity contribution in [3.05, 3.63) is 40.2 Å². The summed E-state index contributed by atoms with van der Waals surface area (Å²) in [6, 6.07) is 3.45. The molecule has 2 aromatic heterocycles. The quantitative estimate of drug-likeness (QED) is 0.845. The minimum Gasteiger partial charge on any atom is -0.459 e. The van der Waals surface area contributed by atoms with E-state index in [-0.39, 0.29) is 17.7 Å². The highest BCUT2D eigenvalue weighted by Gasteiger charge is 2.29. The van der Waals surface area contributed by atoms with E-state index in [0.29, 0.717) is 18.2 Å². The first-order valence-electron chi connectivity index (χ1n) is 9.25. The van der Waals surface area contributed by atoms with Gasteiger partial charge in [-0.1, -0.05) is 0 Å². The third-order valence-corrected chi connectivity index (χ3v) is 6.12. The summed E-state index contributed by atoms with van der Waals surface area (Å²) in [7, 11) is 0. The Hall–Kier alpha value is -2.15. The van der Waals surface area contributed by atoms with Gasteiger partial charge in [0.25, 0.3) is 5.91 Å². The number of furan rings is 1. The maximum atomic E-state index is 12.3. The van der Waals surface area contributed by atoms with Crippen molar-refractivity contribution in [2.75, 3.05) is 19.6 Å². The summed E-state index contributed by atoms with van der Waals surface area (Å²) in [5.41, 5.74) is 1.05. The van der Waals surface area contributed by atoms with Crippen LogP contribution in [0.3, 0.4) is 0 Å². The summed E-state index contributed by atoms with van der Waals surface area (Å²) < 4.78 is 5.20. The second-order valence-corrected chi connectivity index (χ2v) is 7.93. The van der Waals surface area contributed by atoms with Gasteiger partial charge in [0.15, 0.2) is 5.76 Å². The fourth-order valence-corrected chi connectivity index (χ4v) is 4.34. The normalized spacial score (nSPS) is 18.1. The fourth-order valence-electron chi connectivity index (χ4n) is 3.31. The van der Waals surface area contributed by atoms with Crippen molar-refractivity contribution >= 4 is 23.2 Å².